The first-order valence-corrected chi connectivity index (χ1v) is 6.76. The second kappa shape index (κ2) is 6.39. The molecule has 0 aliphatic rings. The Morgan fingerprint density at radius 2 is 1.94 bits per heavy atom. The van der Waals surface area contributed by atoms with E-state index in [2.05, 4.69) is 5.32 Å². The number of nitrogens with one attached hydrogen (secondary N) is 1. The van der Waals surface area contributed by atoms with E-state index in [1.165, 1.54) is 11.3 Å². The van der Waals surface area contributed by atoms with Gasteiger partial charge in [0.05, 0.1) is 5.56 Å². The van der Waals surface area contributed by atoms with Crippen LogP contribution < -0.4 is 5.32 Å². The summed E-state index contributed by atoms with van der Waals surface area (Å²) < 4.78 is 0. The number of rotatable bonds is 5. The molecule has 0 aliphatic carbocycles. The second-order valence-electron chi connectivity index (χ2n) is 3.72. The minimum Gasteiger partial charge on any atom is -0.478 e. The number of nitrogens with zero attached hydrogens (tertiary/aromatic N) is 1. The fourth-order valence-electron chi connectivity index (χ4n) is 1.56. The van der Waals surface area contributed by atoms with Crippen LogP contribution in [0.2, 0.25) is 0 Å². The highest BCUT2D eigenvalue weighted by molar-refractivity contribution is 7.16. The number of hydrogen-bond donors (Lipinski definition) is 2. The normalized spacial score (nSPS) is 10.2. The first-order chi connectivity index (χ1) is 8.53. The van der Waals surface area contributed by atoms with E-state index in [0.717, 1.165) is 11.3 Å². The van der Waals surface area contributed by atoms with Crippen molar-refractivity contribution in [3.63, 3.8) is 0 Å². The van der Waals surface area contributed by atoms with Crippen molar-refractivity contribution < 1.29 is 14.7 Å². The van der Waals surface area contributed by atoms with Gasteiger partial charge in [0.15, 0.2) is 0 Å². The van der Waals surface area contributed by atoms with Crippen LogP contribution in [0.3, 0.4) is 0 Å². The van der Waals surface area contributed by atoms with E-state index >= 15 is 0 Å². The maximum atomic E-state index is 11.9. The topological polar surface area (TPSA) is 69.6 Å². The van der Waals surface area contributed by atoms with Gasteiger partial charge in [0.25, 0.3) is 0 Å². The van der Waals surface area contributed by atoms with Crippen molar-refractivity contribution >= 4 is 28.3 Å². The van der Waals surface area contributed by atoms with Crippen molar-refractivity contribution in [1.29, 1.82) is 0 Å². The number of thiophene rings is 1. The SMILES string of the molecule is CCc1cc(C(=O)O)c(NC(=O)N(CC)CC)s1. The fraction of sp³-hybridized carbons (Fsp3) is 0.500. The van der Waals surface area contributed by atoms with Crippen LogP contribution in [0, 0.1) is 0 Å². The van der Waals surface area contributed by atoms with Gasteiger partial charge in [-0.3, -0.25) is 5.32 Å². The van der Waals surface area contributed by atoms with Crippen LogP contribution in [-0.4, -0.2) is 35.1 Å². The number of amides is 2. The van der Waals surface area contributed by atoms with E-state index in [0.29, 0.717) is 18.1 Å². The van der Waals surface area contributed by atoms with Crippen molar-refractivity contribution in [2.45, 2.75) is 27.2 Å². The molecule has 0 aliphatic heterocycles. The number of aromatic carboxylic acids is 1. The van der Waals surface area contributed by atoms with Gasteiger partial charge in [-0.25, -0.2) is 9.59 Å². The highest BCUT2D eigenvalue weighted by atomic mass is 32.1. The Morgan fingerprint density at radius 1 is 1.33 bits per heavy atom. The average molecular weight is 270 g/mol. The van der Waals surface area contributed by atoms with Gasteiger partial charge < -0.3 is 10.0 Å². The van der Waals surface area contributed by atoms with Crippen LogP contribution in [0.1, 0.15) is 36.0 Å². The van der Waals surface area contributed by atoms with Gasteiger partial charge in [-0.2, -0.15) is 0 Å². The van der Waals surface area contributed by atoms with Gasteiger partial charge in [0.2, 0.25) is 0 Å². The van der Waals surface area contributed by atoms with Crippen LogP contribution in [0.15, 0.2) is 6.07 Å². The van der Waals surface area contributed by atoms with E-state index in [-0.39, 0.29) is 11.6 Å². The molecule has 100 valence electrons. The van der Waals surface area contributed by atoms with Gasteiger partial charge in [0.1, 0.15) is 5.00 Å². The minimum absolute atomic E-state index is 0.164. The molecule has 0 spiro atoms. The predicted molar refractivity (Wildman–Crippen MR) is 72.6 cm³/mol. The molecule has 0 fully saturated rings. The number of hydrogen-bond acceptors (Lipinski definition) is 3. The molecule has 0 unspecified atom stereocenters. The Labute approximate surface area is 110 Å². The van der Waals surface area contributed by atoms with Crippen molar-refractivity contribution in [2.75, 3.05) is 18.4 Å². The predicted octanol–water partition coefficient (Wildman–Crippen LogP) is 2.88. The smallest absolute Gasteiger partial charge is 0.338 e. The van der Waals surface area contributed by atoms with Gasteiger partial charge in [-0.15, -0.1) is 11.3 Å². The molecular formula is C12H18N2O3S. The van der Waals surface area contributed by atoms with Crippen LogP contribution in [0.25, 0.3) is 0 Å². The summed E-state index contributed by atoms with van der Waals surface area (Å²) in [6.45, 7) is 6.90. The van der Waals surface area contributed by atoms with Crippen LogP contribution >= 0.6 is 11.3 Å². The summed E-state index contributed by atoms with van der Waals surface area (Å²) in [7, 11) is 0. The Hall–Kier alpha value is -1.56. The van der Waals surface area contributed by atoms with Crippen LogP contribution in [0.5, 0.6) is 0 Å². The number of carboxylic acids is 1. The molecule has 0 radical (unpaired) electrons. The summed E-state index contributed by atoms with van der Waals surface area (Å²) >= 11 is 1.32. The highest BCUT2D eigenvalue weighted by Gasteiger charge is 2.18. The Bertz CT molecular complexity index is 439. The van der Waals surface area contributed by atoms with Crippen LogP contribution in [-0.2, 0) is 6.42 Å². The molecule has 0 atom stereocenters. The molecule has 0 bridgehead atoms. The number of carbonyl (C=O) groups is 2. The van der Waals surface area contributed by atoms with E-state index in [1.54, 1.807) is 11.0 Å². The second-order valence-corrected chi connectivity index (χ2v) is 4.85. The van der Waals surface area contributed by atoms with Crippen molar-refractivity contribution in [3.8, 4) is 0 Å². The molecule has 6 heteroatoms. The molecule has 1 aromatic heterocycles. The number of anilines is 1. The third-order valence-electron chi connectivity index (χ3n) is 2.63. The number of aryl methyl sites for hydroxylation is 1. The average Bonchev–Trinajstić information content (AvgIpc) is 2.74. The van der Waals surface area contributed by atoms with Gasteiger partial charge >= 0.3 is 12.0 Å². The van der Waals surface area contributed by atoms with Gasteiger partial charge in [-0.05, 0) is 26.3 Å². The summed E-state index contributed by atoms with van der Waals surface area (Å²) in [4.78, 5) is 25.5. The lowest BCUT2D eigenvalue weighted by atomic mass is 10.2. The summed E-state index contributed by atoms with van der Waals surface area (Å²) in [5.74, 6) is -1.01. The lowest BCUT2D eigenvalue weighted by molar-refractivity contribution is 0.0698. The standard InChI is InChI=1S/C12H18N2O3S/c1-4-8-7-9(11(15)16)10(18-8)13-12(17)14(5-2)6-3/h7H,4-6H2,1-3H3,(H,13,17)(H,15,16). The first-order valence-electron chi connectivity index (χ1n) is 5.95. The maximum Gasteiger partial charge on any atom is 0.338 e. The molecule has 2 N–H and O–H groups in total. The van der Waals surface area contributed by atoms with E-state index in [1.807, 2.05) is 20.8 Å². The number of carboxylic acid groups (broad SMARTS) is 1. The van der Waals surface area contributed by atoms with Crippen molar-refractivity contribution in [3.05, 3.63) is 16.5 Å². The van der Waals surface area contributed by atoms with Crippen LogP contribution in [0.4, 0.5) is 9.80 Å². The van der Waals surface area contributed by atoms with Gasteiger partial charge in [0, 0.05) is 18.0 Å². The Morgan fingerprint density at radius 3 is 2.39 bits per heavy atom. The molecule has 0 saturated carbocycles. The minimum atomic E-state index is -1.01. The highest BCUT2D eigenvalue weighted by Crippen LogP contribution is 2.28. The summed E-state index contributed by atoms with van der Waals surface area (Å²) in [5.41, 5.74) is 0.164. The molecule has 0 aromatic carbocycles. The zero-order valence-corrected chi connectivity index (χ0v) is 11.6. The monoisotopic (exact) mass is 270 g/mol. The lowest BCUT2D eigenvalue weighted by Gasteiger charge is -2.18. The largest absolute Gasteiger partial charge is 0.478 e. The quantitative estimate of drug-likeness (QED) is 0.864. The van der Waals surface area contributed by atoms with E-state index in [9.17, 15) is 9.59 Å². The lowest BCUT2D eigenvalue weighted by Crippen LogP contribution is -2.34. The number of carbonyl (C=O) groups excluding carboxylic acids is 1. The summed E-state index contributed by atoms with van der Waals surface area (Å²) in [6.07, 6.45) is 0.756. The molecule has 0 saturated heterocycles. The first kappa shape index (κ1) is 14.5. The third kappa shape index (κ3) is 3.22. The zero-order chi connectivity index (χ0) is 13.7. The molecule has 1 heterocycles. The van der Waals surface area contributed by atoms with E-state index < -0.39 is 5.97 Å². The van der Waals surface area contributed by atoms with Crippen molar-refractivity contribution in [1.82, 2.24) is 4.90 Å². The summed E-state index contributed by atoms with van der Waals surface area (Å²) in [5, 5.41) is 12.2. The zero-order valence-electron chi connectivity index (χ0n) is 10.8. The summed E-state index contributed by atoms with van der Waals surface area (Å²) in [6, 6.07) is 1.36. The molecule has 2 amide bonds. The van der Waals surface area contributed by atoms with Crippen molar-refractivity contribution in [2.24, 2.45) is 0 Å². The molecule has 1 aromatic rings. The molecule has 1 rings (SSSR count). The fourth-order valence-corrected chi connectivity index (χ4v) is 2.53. The Balaban J connectivity index is 2.92. The third-order valence-corrected chi connectivity index (χ3v) is 3.83. The van der Waals surface area contributed by atoms with E-state index in [4.69, 9.17) is 5.11 Å². The molecular weight excluding hydrogens is 252 g/mol. The number of urea groups is 1. The molecule has 5 nitrogen and oxygen atoms in total. The maximum absolute atomic E-state index is 11.9. The molecule has 18 heavy (non-hydrogen) atoms. The van der Waals surface area contributed by atoms with Gasteiger partial charge in [-0.1, -0.05) is 6.92 Å². The Kier molecular flexibility index (Phi) is 5.15.